The van der Waals surface area contributed by atoms with Gasteiger partial charge in [-0.3, -0.25) is 0 Å². The van der Waals surface area contributed by atoms with E-state index in [4.69, 9.17) is 4.74 Å². The molecular weight excluding hydrogens is 286 g/mol. The van der Waals surface area contributed by atoms with E-state index < -0.39 is 0 Å². The minimum absolute atomic E-state index is 0. The van der Waals surface area contributed by atoms with E-state index in [-0.39, 0.29) is 12.4 Å². The van der Waals surface area contributed by atoms with Gasteiger partial charge in [0.1, 0.15) is 5.82 Å². The number of hydrogen-bond acceptors (Lipinski definition) is 4. The van der Waals surface area contributed by atoms with Gasteiger partial charge in [-0.2, -0.15) is 0 Å². The normalized spacial score (nSPS) is 20.5. The summed E-state index contributed by atoms with van der Waals surface area (Å²) in [6.07, 6.45) is 5.78. The van der Waals surface area contributed by atoms with E-state index in [0.29, 0.717) is 0 Å². The minimum Gasteiger partial charge on any atom is -0.381 e. The Balaban J connectivity index is 0.00000161. The lowest BCUT2D eigenvalue weighted by atomic mass is 10.1. The third-order valence-electron chi connectivity index (χ3n) is 4.29. The maximum Gasteiger partial charge on any atom is 0.129 e. The van der Waals surface area contributed by atoms with Crippen molar-refractivity contribution < 1.29 is 4.74 Å². The van der Waals surface area contributed by atoms with Gasteiger partial charge in [0.15, 0.2) is 0 Å². The van der Waals surface area contributed by atoms with Crippen LogP contribution in [-0.4, -0.2) is 37.8 Å². The molecule has 4 nitrogen and oxygen atoms in total. The first-order valence-corrected chi connectivity index (χ1v) is 7.93. The van der Waals surface area contributed by atoms with Crippen LogP contribution in [0.3, 0.4) is 0 Å². The number of aromatic nitrogens is 1. The fourth-order valence-corrected chi connectivity index (χ4v) is 3.00. The Morgan fingerprint density at radius 1 is 1.24 bits per heavy atom. The Morgan fingerprint density at radius 3 is 3.05 bits per heavy atom. The third kappa shape index (κ3) is 4.83. The first-order chi connectivity index (χ1) is 9.92. The van der Waals surface area contributed by atoms with Crippen molar-refractivity contribution >= 4 is 18.2 Å². The summed E-state index contributed by atoms with van der Waals surface area (Å²) in [5.74, 6) is 1.91. The molecular formula is C16H26ClN3O. The Hall–Kier alpha value is -0.840. The van der Waals surface area contributed by atoms with E-state index in [1.807, 2.05) is 0 Å². The summed E-state index contributed by atoms with van der Waals surface area (Å²) in [6, 6.07) is 4.37. The van der Waals surface area contributed by atoms with Crippen molar-refractivity contribution in [2.24, 2.45) is 5.92 Å². The van der Waals surface area contributed by atoms with Gasteiger partial charge in [0, 0.05) is 25.3 Å². The monoisotopic (exact) mass is 311 g/mol. The van der Waals surface area contributed by atoms with Gasteiger partial charge in [-0.25, -0.2) is 4.98 Å². The number of nitrogens with zero attached hydrogens (tertiary/aromatic N) is 1. The van der Waals surface area contributed by atoms with Gasteiger partial charge in [-0.1, -0.05) is 6.07 Å². The lowest BCUT2D eigenvalue weighted by Crippen LogP contribution is -2.14. The Kier molecular flexibility index (Phi) is 6.74. The van der Waals surface area contributed by atoms with Gasteiger partial charge in [0.2, 0.25) is 0 Å². The van der Waals surface area contributed by atoms with E-state index in [1.165, 1.54) is 37.9 Å². The van der Waals surface area contributed by atoms with Crippen molar-refractivity contribution in [1.29, 1.82) is 0 Å². The highest BCUT2D eigenvalue weighted by Gasteiger charge is 2.13. The van der Waals surface area contributed by atoms with Crippen LogP contribution >= 0.6 is 12.4 Å². The summed E-state index contributed by atoms with van der Waals surface area (Å²) in [4.78, 5) is 4.69. The highest BCUT2D eigenvalue weighted by Crippen LogP contribution is 2.19. The molecule has 1 aromatic rings. The van der Waals surface area contributed by atoms with E-state index in [1.54, 1.807) is 0 Å². The maximum absolute atomic E-state index is 5.76. The smallest absolute Gasteiger partial charge is 0.129 e. The van der Waals surface area contributed by atoms with Gasteiger partial charge in [-0.05, 0) is 56.3 Å². The Bertz CT molecular complexity index is 436. The van der Waals surface area contributed by atoms with Gasteiger partial charge in [0.05, 0.1) is 6.61 Å². The third-order valence-corrected chi connectivity index (χ3v) is 4.29. The summed E-state index contributed by atoms with van der Waals surface area (Å²) in [7, 11) is 0. The molecule has 0 radical (unpaired) electrons. The topological polar surface area (TPSA) is 46.2 Å². The van der Waals surface area contributed by atoms with Crippen molar-refractivity contribution in [2.45, 2.75) is 32.1 Å². The standard InChI is InChI=1S/C16H25N3O.ClH/c1-2-14-3-4-15(19-16(14)18-8-1)7-11-20-10-6-13-5-9-17-12-13;/h3-4,13,17H,1-2,5-12H2,(H,18,19);1H/t13-;/m0./s1. The number of anilines is 1. The molecule has 0 bridgehead atoms. The average molecular weight is 312 g/mol. The number of pyridine rings is 1. The molecule has 2 N–H and O–H groups in total. The molecule has 0 amide bonds. The summed E-state index contributed by atoms with van der Waals surface area (Å²) in [5.41, 5.74) is 2.50. The number of halogens is 1. The number of aryl methyl sites for hydroxylation is 1. The molecule has 21 heavy (non-hydrogen) atoms. The SMILES string of the molecule is Cl.c1cc2c(nc1CCOCC[C@@H]1CCNC1)NCCC2. The molecule has 0 aromatic carbocycles. The minimum atomic E-state index is 0. The zero-order chi connectivity index (χ0) is 13.6. The molecule has 2 aliphatic rings. The van der Waals surface area contributed by atoms with Crippen LogP contribution in [-0.2, 0) is 17.6 Å². The second kappa shape index (κ2) is 8.57. The molecule has 0 aliphatic carbocycles. The zero-order valence-corrected chi connectivity index (χ0v) is 13.4. The van der Waals surface area contributed by atoms with Crippen LogP contribution in [0.1, 0.15) is 30.5 Å². The van der Waals surface area contributed by atoms with Crippen molar-refractivity contribution in [3.8, 4) is 0 Å². The summed E-state index contributed by atoms with van der Waals surface area (Å²) >= 11 is 0. The van der Waals surface area contributed by atoms with Gasteiger partial charge in [-0.15, -0.1) is 12.4 Å². The van der Waals surface area contributed by atoms with Crippen molar-refractivity contribution in [3.63, 3.8) is 0 Å². The van der Waals surface area contributed by atoms with Crippen LogP contribution in [0.15, 0.2) is 12.1 Å². The van der Waals surface area contributed by atoms with Crippen molar-refractivity contribution in [2.75, 3.05) is 38.2 Å². The van der Waals surface area contributed by atoms with Crippen LogP contribution in [0.4, 0.5) is 5.82 Å². The quantitative estimate of drug-likeness (QED) is 0.792. The van der Waals surface area contributed by atoms with Gasteiger partial charge in [0.25, 0.3) is 0 Å². The molecule has 1 fully saturated rings. The fraction of sp³-hybridized carbons (Fsp3) is 0.688. The van der Waals surface area contributed by atoms with Crippen LogP contribution in [0.5, 0.6) is 0 Å². The predicted molar refractivity (Wildman–Crippen MR) is 88.4 cm³/mol. The zero-order valence-electron chi connectivity index (χ0n) is 12.6. The van der Waals surface area contributed by atoms with E-state index in [2.05, 4.69) is 27.8 Å². The molecule has 0 saturated carbocycles. The molecule has 5 heteroatoms. The average Bonchev–Trinajstić information content (AvgIpc) is 3.00. The van der Waals surface area contributed by atoms with Crippen molar-refractivity contribution in [3.05, 3.63) is 23.4 Å². The number of hydrogen-bond donors (Lipinski definition) is 2. The van der Waals surface area contributed by atoms with Gasteiger partial charge < -0.3 is 15.4 Å². The molecule has 1 saturated heterocycles. The highest BCUT2D eigenvalue weighted by molar-refractivity contribution is 5.85. The van der Waals surface area contributed by atoms with Gasteiger partial charge >= 0.3 is 0 Å². The molecule has 0 unspecified atom stereocenters. The highest BCUT2D eigenvalue weighted by atomic mass is 35.5. The first kappa shape index (κ1) is 16.5. The molecule has 0 spiro atoms. The van der Waals surface area contributed by atoms with Crippen LogP contribution < -0.4 is 10.6 Å². The summed E-state index contributed by atoms with van der Waals surface area (Å²) in [5, 5.41) is 6.78. The molecule has 118 valence electrons. The van der Waals surface area contributed by atoms with E-state index in [9.17, 15) is 0 Å². The largest absolute Gasteiger partial charge is 0.381 e. The van der Waals surface area contributed by atoms with E-state index >= 15 is 0 Å². The molecule has 2 aliphatic heterocycles. The van der Waals surface area contributed by atoms with Crippen molar-refractivity contribution in [1.82, 2.24) is 10.3 Å². The maximum atomic E-state index is 5.76. The molecule has 1 aromatic heterocycles. The van der Waals surface area contributed by atoms with E-state index in [0.717, 1.165) is 50.0 Å². The number of nitrogens with one attached hydrogen (secondary N) is 2. The lowest BCUT2D eigenvalue weighted by Gasteiger charge is -2.17. The van der Waals surface area contributed by atoms with Crippen LogP contribution in [0, 0.1) is 5.92 Å². The Labute approximate surface area is 133 Å². The Morgan fingerprint density at radius 2 is 2.19 bits per heavy atom. The van der Waals surface area contributed by atoms with Crippen LogP contribution in [0.25, 0.3) is 0 Å². The first-order valence-electron chi connectivity index (χ1n) is 7.93. The summed E-state index contributed by atoms with van der Waals surface area (Å²) in [6.45, 7) is 5.06. The van der Waals surface area contributed by atoms with Crippen LogP contribution in [0.2, 0.25) is 0 Å². The molecule has 1 atom stereocenters. The second-order valence-electron chi connectivity index (χ2n) is 5.85. The molecule has 3 heterocycles. The predicted octanol–water partition coefficient (Wildman–Crippen LogP) is 2.42. The fourth-order valence-electron chi connectivity index (χ4n) is 3.00. The second-order valence-corrected chi connectivity index (χ2v) is 5.85. The summed E-state index contributed by atoms with van der Waals surface area (Å²) < 4.78 is 5.76. The number of rotatable bonds is 6. The number of fused-ring (bicyclic) bond motifs is 1. The number of ether oxygens (including phenoxy) is 1. The molecule has 3 rings (SSSR count). The lowest BCUT2D eigenvalue weighted by molar-refractivity contribution is 0.124.